The van der Waals surface area contributed by atoms with E-state index >= 15 is 0 Å². The molecule has 0 aliphatic carbocycles. The Morgan fingerprint density at radius 3 is 1.85 bits per heavy atom. The molecule has 1 nitrogen and oxygen atoms in total. The maximum absolute atomic E-state index is 13.5. The second-order valence-corrected chi connectivity index (χ2v) is 6.48. The summed E-state index contributed by atoms with van der Waals surface area (Å²) in [7, 11) is 0. The Morgan fingerprint density at radius 1 is 0.593 bits per heavy atom. The molecular formula is C24H14F2O. The fraction of sp³-hybridized carbons (Fsp3) is 0. The molecule has 0 spiro atoms. The number of hydrogen-bond acceptors (Lipinski definition) is 1. The van der Waals surface area contributed by atoms with Crippen LogP contribution in [0.2, 0.25) is 0 Å². The molecule has 0 saturated carbocycles. The predicted octanol–water partition coefficient (Wildman–Crippen LogP) is 6.43. The van der Waals surface area contributed by atoms with Gasteiger partial charge in [-0.25, -0.2) is 8.78 Å². The summed E-state index contributed by atoms with van der Waals surface area (Å²) in [5.41, 5.74) is 3.49. The minimum atomic E-state index is -0.305. The summed E-state index contributed by atoms with van der Waals surface area (Å²) in [5, 5.41) is 2.09. The van der Waals surface area contributed by atoms with Gasteiger partial charge in [-0.2, -0.15) is 0 Å². The van der Waals surface area contributed by atoms with E-state index in [0.29, 0.717) is 5.76 Å². The van der Waals surface area contributed by atoms with E-state index in [-0.39, 0.29) is 11.6 Å². The van der Waals surface area contributed by atoms with Crippen LogP contribution in [-0.4, -0.2) is 0 Å². The second kappa shape index (κ2) is 6.06. The van der Waals surface area contributed by atoms with E-state index in [0.717, 1.165) is 38.8 Å². The third-order valence-corrected chi connectivity index (χ3v) is 4.81. The van der Waals surface area contributed by atoms with Gasteiger partial charge in [0.1, 0.15) is 23.1 Å². The largest absolute Gasteiger partial charge is 0.455 e. The van der Waals surface area contributed by atoms with Gasteiger partial charge >= 0.3 is 0 Å². The molecule has 0 saturated heterocycles. The zero-order valence-electron chi connectivity index (χ0n) is 14.2. The molecule has 5 rings (SSSR count). The van der Waals surface area contributed by atoms with Crippen molar-refractivity contribution in [1.82, 2.24) is 0 Å². The van der Waals surface area contributed by atoms with E-state index in [1.165, 1.54) is 24.3 Å². The molecule has 0 amide bonds. The summed E-state index contributed by atoms with van der Waals surface area (Å²) in [6.45, 7) is 0. The van der Waals surface area contributed by atoms with Gasteiger partial charge in [0.25, 0.3) is 0 Å². The van der Waals surface area contributed by atoms with E-state index < -0.39 is 0 Å². The topological polar surface area (TPSA) is 9.23 Å². The van der Waals surface area contributed by atoms with Crippen LogP contribution >= 0.6 is 0 Å². The lowest BCUT2D eigenvalue weighted by molar-refractivity contribution is 0.519. The highest BCUT2D eigenvalue weighted by Gasteiger charge is 2.24. The highest BCUT2D eigenvalue weighted by Crippen LogP contribution is 2.44. The Morgan fingerprint density at radius 2 is 1.19 bits per heavy atom. The molecule has 1 aliphatic heterocycles. The normalized spacial score (nSPS) is 13.0. The molecule has 0 aromatic heterocycles. The van der Waals surface area contributed by atoms with Crippen LogP contribution in [0, 0.1) is 11.6 Å². The summed E-state index contributed by atoms with van der Waals surface area (Å²) >= 11 is 0. The monoisotopic (exact) mass is 356 g/mol. The molecule has 0 bridgehead atoms. The molecule has 4 aromatic carbocycles. The number of ether oxygens (including phenoxy) is 1. The maximum atomic E-state index is 13.5. The van der Waals surface area contributed by atoms with Crippen molar-refractivity contribution in [3.8, 4) is 5.75 Å². The van der Waals surface area contributed by atoms with Crippen LogP contribution in [0.15, 0.2) is 84.9 Å². The first kappa shape index (κ1) is 15.8. The predicted molar refractivity (Wildman–Crippen MR) is 103 cm³/mol. The summed E-state index contributed by atoms with van der Waals surface area (Å²) in [5.74, 6) is 0.792. The van der Waals surface area contributed by atoms with Gasteiger partial charge in [0.05, 0.1) is 0 Å². The third-order valence-electron chi connectivity index (χ3n) is 4.81. The molecule has 0 atom stereocenters. The fourth-order valence-electron chi connectivity index (χ4n) is 3.59. The highest BCUT2D eigenvalue weighted by molar-refractivity contribution is 6.10. The van der Waals surface area contributed by atoms with Crippen molar-refractivity contribution >= 4 is 22.1 Å². The summed E-state index contributed by atoms with van der Waals surface area (Å²) in [6.07, 6.45) is 0. The van der Waals surface area contributed by atoms with Crippen molar-refractivity contribution in [3.63, 3.8) is 0 Å². The van der Waals surface area contributed by atoms with E-state index in [1.807, 2.05) is 36.4 Å². The molecule has 3 heteroatoms. The Kier molecular flexibility index (Phi) is 3.54. The van der Waals surface area contributed by atoms with Gasteiger partial charge in [-0.05, 0) is 59.0 Å². The van der Waals surface area contributed by atoms with Crippen LogP contribution in [0.5, 0.6) is 5.75 Å². The molecule has 0 N–H and O–H groups in total. The Hall–Kier alpha value is -3.46. The van der Waals surface area contributed by atoms with Gasteiger partial charge in [-0.1, -0.05) is 42.5 Å². The minimum absolute atomic E-state index is 0.294. The van der Waals surface area contributed by atoms with Crippen LogP contribution in [0.25, 0.3) is 22.1 Å². The lowest BCUT2D eigenvalue weighted by Gasteiger charge is -2.25. The molecule has 130 valence electrons. The van der Waals surface area contributed by atoms with E-state index in [2.05, 4.69) is 0 Å². The van der Waals surface area contributed by atoms with Gasteiger partial charge in [-0.3, -0.25) is 0 Å². The van der Waals surface area contributed by atoms with Crippen molar-refractivity contribution in [3.05, 3.63) is 113 Å². The van der Waals surface area contributed by atoms with Gasteiger partial charge < -0.3 is 4.74 Å². The maximum Gasteiger partial charge on any atom is 0.143 e. The standard InChI is InChI=1S/C24H14F2O/c25-18-11-7-16(8-12-18)23-20-5-1-3-15-4-2-6-21(22(15)20)27-24(23)17-9-13-19(26)14-10-17/h1-14H. The van der Waals surface area contributed by atoms with Crippen LogP contribution in [-0.2, 0) is 0 Å². The molecule has 1 heterocycles. The number of rotatable bonds is 2. The van der Waals surface area contributed by atoms with Crippen LogP contribution in [0.1, 0.15) is 16.7 Å². The Balaban J connectivity index is 1.85. The average molecular weight is 356 g/mol. The zero-order valence-corrected chi connectivity index (χ0v) is 14.2. The van der Waals surface area contributed by atoms with Crippen molar-refractivity contribution in [2.75, 3.05) is 0 Å². The molecule has 4 aromatic rings. The van der Waals surface area contributed by atoms with Crippen LogP contribution < -0.4 is 4.74 Å². The summed E-state index contributed by atoms with van der Waals surface area (Å²) in [4.78, 5) is 0. The zero-order chi connectivity index (χ0) is 18.4. The van der Waals surface area contributed by atoms with Crippen molar-refractivity contribution < 1.29 is 13.5 Å². The number of benzene rings is 4. The average Bonchev–Trinajstić information content (AvgIpc) is 2.70. The van der Waals surface area contributed by atoms with Crippen LogP contribution in [0.4, 0.5) is 8.78 Å². The first-order valence-electron chi connectivity index (χ1n) is 8.67. The van der Waals surface area contributed by atoms with Gasteiger partial charge in [-0.15, -0.1) is 0 Å². The number of hydrogen-bond donors (Lipinski definition) is 0. The van der Waals surface area contributed by atoms with E-state index in [9.17, 15) is 8.78 Å². The quantitative estimate of drug-likeness (QED) is 0.402. The number of halogens is 2. The molecular weight excluding hydrogens is 342 g/mol. The Bertz CT molecular complexity index is 1180. The van der Waals surface area contributed by atoms with Gasteiger partial charge in [0.2, 0.25) is 0 Å². The van der Waals surface area contributed by atoms with Gasteiger partial charge in [0.15, 0.2) is 0 Å². The SMILES string of the molecule is Fc1ccc(C2=C(c3ccc(F)cc3)c3cccc4cccc(c34)O2)cc1. The smallest absolute Gasteiger partial charge is 0.143 e. The lowest BCUT2D eigenvalue weighted by Crippen LogP contribution is -2.07. The molecule has 0 fully saturated rings. The van der Waals surface area contributed by atoms with Gasteiger partial charge in [0, 0.05) is 16.5 Å². The third kappa shape index (κ3) is 2.59. The van der Waals surface area contributed by atoms with E-state index in [4.69, 9.17) is 4.74 Å². The second-order valence-electron chi connectivity index (χ2n) is 6.48. The molecule has 0 radical (unpaired) electrons. The van der Waals surface area contributed by atoms with E-state index in [1.54, 1.807) is 24.3 Å². The van der Waals surface area contributed by atoms with Crippen molar-refractivity contribution in [2.24, 2.45) is 0 Å². The molecule has 1 aliphatic rings. The Labute approximate surface area is 155 Å². The highest BCUT2D eigenvalue weighted by atomic mass is 19.1. The molecule has 0 unspecified atom stereocenters. The van der Waals surface area contributed by atoms with Crippen LogP contribution in [0.3, 0.4) is 0 Å². The molecule has 27 heavy (non-hydrogen) atoms. The van der Waals surface area contributed by atoms with Crippen molar-refractivity contribution in [2.45, 2.75) is 0 Å². The first-order chi connectivity index (χ1) is 13.2. The summed E-state index contributed by atoms with van der Waals surface area (Å²) < 4.78 is 33.2. The first-order valence-corrected chi connectivity index (χ1v) is 8.67. The lowest BCUT2D eigenvalue weighted by atomic mass is 9.88. The van der Waals surface area contributed by atoms with Crippen molar-refractivity contribution in [1.29, 1.82) is 0 Å². The minimum Gasteiger partial charge on any atom is -0.455 e. The fourth-order valence-corrected chi connectivity index (χ4v) is 3.59. The summed E-state index contributed by atoms with van der Waals surface area (Å²) in [6, 6.07) is 24.6.